The summed E-state index contributed by atoms with van der Waals surface area (Å²) >= 11 is 5.25. The Bertz CT molecular complexity index is 423. The molecular weight excluding hydrogens is 357 g/mol. The van der Waals surface area contributed by atoms with Crippen molar-refractivity contribution in [3.8, 4) is 6.07 Å². The summed E-state index contributed by atoms with van der Waals surface area (Å²) in [4.78, 5) is 11.5. The zero-order chi connectivity index (χ0) is 10.7. The Labute approximate surface area is 105 Å². The van der Waals surface area contributed by atoms with Crippen LogP contribution in [0.4, 0.5) is 0 Å². The number of rotatable bonds is 2. The number of carbonyl (C=O) groups is 1. The molecule has 1 aromatic rings. The van der Waals surface area contributed by atoms with Gasteiger partial charge in [-0.15, -0.1) is 0 Å². The van der Waals surface area contributed by atoms with Gasteiger partial charge in [-0.05, 0) is 47.2 Å². The van der Waals surface area contributed by atoms with Gasteiger partial charge in [0.1, 0.15) is 6.07 Å². The van der Waals surface area contributed by atoms with Crippen molar-refractivity contribution in [1.29, 1.82) is 5.26 Å². The number of hydrogen-bond acceptors (Lipinski definition) is 2. The van der Waals surface area contributed by atoms with Gasteiger partial charge < -0.3 is 0 Å². The molecule has 0 saturated heterocycles. The Morgan fingerprint density at radius 2 is 2.29 bits per heavy atom. The average molecular weight is 364 g/mol. The van der Waals surface area contributed by atoms with E-state index in [0.717, 1.165) is 9.13 Å². The van der Waals surface area contributed by atoms with Gasteiger partial charge in [-0.1, -0.05) is 15.9 Å². The lowest BCUT2D eigenvalue weighted by molar-refractivity contribution is 0.102. The summed E-state index contributed by atoms with van der Waals surface area (Å²) in [5, 5.41) is 9.20. The standard InChI is InChI=1S/C10H7BrINO/c1-6-8(5-13)7(10(14)4-11)2-3-9(6)12/h2-3H,4H2,1H3. The van der Waals surface area contributed by atoms with Crippen molar-refractivity contribution in [1.82, 2.24) is 0 Å². The first-order valence-electron chi connectivity index (χ1n) is 3.90. The first-order valence-corrected chi connectivity index (χ1v) is 6.10. The monoisotopic (exact) mass is 363 g/mol. The summed E-state index contributed by atoms with van der Waals surface area (Å²) in [7, 11) is 0. The molecule has 0 heterocycles. The smallest absolute Gasteiger partial charge is 0.174 e. The van der Waals surface area contributed by atoms with Crippen LogP contribution in [-0.4, -0.2) is 11.1 Å². The van der Waals surface area contributed by atoms with Crippen LogP contribution in [0.5, 0.6) is 0 Å². The minimum Gasteiger partial charge on any atom is -0.293 e. The number of halogens is 2. The molecule has 0 bridgehead atoms. The second-order valence-electron chi connectivity index (χ2n) is 2.76. The molecule has 0 aliphatic heterocycles. The Balaban J connectivity index is 3.40. The fraction of sp³-hybridized carbons (Fsp3) is 0.200. The van der Waals surface area contributed by atoms with Gasteiger partial charge in [0.05, 0.1) is 10.9 Å². The molecule has 0 aliphatic rings. The topological polar surface area (TPSA) is 40.9 Å². The summed E-state index contributed by atoms with van der Waals surface area (Å²) < 4.78 is 1.00. The Kier molecular flexibility index (Phi) is 4.08. The van der Waals surface area contributed by atoms with Crippen LogP contribution in [0.3, 0.4) is 0 Å². The molecule has 0 aliphatic carbocycles. The molecule has 0 fully saturated rings. The summed E-state index contributed by atoms with van der Waals surface area (Å²) in [6, 6.07) is 5.63. The van der Waals surface area contributed by atoms with Gasteiger partial charge in [0, 0.05) is 9.13 Å². The minimum atomic E-state index is -0.0546. The molecule has 0 aromatic heterocycles. The van der Waals surface area contributed by atoms with Crippen LogP contribution < -0.4 is 0 Å². The highest BCUT2D eigenvalue weighted by atomic mass is 127. The van der Waals surface area contributed by atoms with E-state index in [4.69, 9.17) is 5.26 Å². The second-order valence-corrected chi connectivity index (χ2v) is 4.49. The van der Waals surface area contributed by atoms with Crippen LogP contribution in [0.1, 0.15) is 21.5 Å². The van der Waals surface area contributed by atoms with Gasteiger partial charge in [0.15, 0.2) is 5.78 Å². The fourth-order valence-electron chi connectivity index (χ4n) is 1.13. The van der Waals surface area contributed by atoms with Crippen molar-refractivity contribution in [3.63, 3.8) is 0 Å². The number of hydrogen-bond donors (Lipinski definition) is 0. The van der Waals surface area contributed by atoms with Gasteiger partial charge in [-0.2, -0.15) is 5.26 Å². The highest BCUT2D eigenvalue weighted by Crippen LogP contribution is 2.20. The molecule has 4 heteroatoms. The Morgan fingerprint density at radius 1 is 1.64 bits per heavy atom. The molecule has 14 heavy (non-hydrogen) atoms. The molecule has 0 spiro atoms. The van der Waals surface area contributed by atoms with Crippen LogP contribution in [0.15, 0.2) is 12.1 Å². The van der Waals surface area contributed by atoms with Crippen molar-refractivity contribution in [2.45, 2.75) is 6.92 Å². The quantitative estimate of drug-likeness (QED) is 0.460. The number of nitriles is 1. The van der Waals surface area contributed by atoms with Crippen molar-refractivity contribution in [2.24, 2.45) is 0 Å². The molecule has 1 rings (SSSR count). The van der Waals surface area contributed by atoms with Crippen LogP contribution >= 0.6 is 38.5 Å². The van der Waals surface area contributed by atoms with Crippen LogP contribution in [0, 0.1) is 21.8 Å². The highest BCUT2D eigenvalue weighted by Gasteiger charge is 2.13. The molecule has 0 atom stereocenters. The highest BCUT2D eigenvalue weighted by molar-refractivity contribution is 14.1. The maximum Gasteiger partial charge on any atom is 0.174 e. The normalized spacial score (nSPS) is 9.57. The largest absolute Gasteiger partial charge is 0.293 e. The predicted octanol–water partition coefficient (Wildman–Crippen LogP) is 3.05. The van der Waals surface area contributed by atoms with E-state index in [1.807, 2.05) is 13.0 Å². The van der Waals surface area contributed by atoms with E-state index in [1.54, 1.807) is 6.07 Å². The zero-order valence-corrected chi connectivity index (χ0v) is 11.2. The molecular formula is C10H7BrINO. The van der Waals surface area contributed by atoms with E-state index in [0.29, 0.717) is 11.1 Å². The van der Waals surface area contributed by atoms with E-state index < -0.39 is 0 Å². The third-order valence-electron chi connectivity index (χ3n) is 1.93. The lowest BCUT2D eigenvalue weighted by atomic mass is 10.0. The lowest BCUT2D eigenvalue weighted by Gasteiger charge is -2.05. The fourth-order valence-corrected chi connectivity index (χ4v) is 1.89. The maximum absolute atomic E-state index is 11.5. The van der Waals surface area contributed by atoms with E-state index in [-0.39, 0.29) is 11.1 Å². The molecule has 0 amide bonds. The second kappa shape index (κ2) is 4.89. The third kappa shape index (κ3) is 2.15. The molecule has 1 aromatic carbocycles. The van der Waals surface area contributed by atoms with Crippen molar-refractivity contribution in [3.05, 3.63) is 32.4 Å². The first-order chi connectivity index (χ1) is 6.61. The van der Waals surface area contributed by atoms with Crippen molar-refractivity contribution < 1.29 is 4.79 Å². The average Bonchev–Trinajstić information content (AvgIpc) is 2.20. The van der Waals surface area contributed by atoms with Crippen molar-refractivity contribution in [2.75, 3.05) is 5.33 Å². The lowest BCUT2D eigenvalue weighted by Crippen LogP contribution is -2.05. The van der Waals surface area contributed by atoms with E-state index in [9.17, 15) is 4.79 Å². The van der Waals surface area contributed by atoms with Crippen molar-refractivity contribution >= 4 is 44.3 Å². The van der Waals surface area contributed by atoms with E-state index in [2.05, 4.69) is 44.6 Å². The van der Waals surface area contributed by atoms with E-state index >= 15 is 0 Å². The SMILES string of the molecule is Cc1c(I)ccc(C(=O)CBr)c1C#N. The predicted molar refractivity (Wildman–Crippen MR) is 66.7 cm³/mol. The van der Waals surface area contributed by atoms with Gasteiger partial charge in [0.2, 0.25) is 0 Å². The number of ketones is 1. The Morgan fingerprint density at radius 3 is 2.79 bits per heavy atom. The number of benzene rings is 1. The number of carbonyl (C=O) groups excluding carboxylic acids is 1. The van der Waals surface area contributed by atoms with Gasteiger partial charge in [-0.25, -0.2) is 0 Å². The van der Waals surface area contributed by atoms with E-state index in [1.165, 1.54) is 0 Å². The molecule has 0 N–H and O–H groups in total. The van der Waals surface area contributed by atoms with Crippen LogP contribution in [-0.2, 0) is 0 Å². The van der Waals surface area contributed by atoms with Gasteiger partial charge in [0.25, 0.3) is 0 Å². The summed E-state index contributed by atoms with van der Waals surface area (Å²) in [6.07, 6.45) is 0. The third-order valence-corrected chi connectivity index (χ3v) is 3.61. The van der Waals surface area contributed by atoms with Gasteiger partial charge in [-0.3, -0.25) is 4.79 Å². The minimum absolute atomic E-state index is 0.0546. The molecule has 0 saturated carbocycles. The number of Topliss-reactive ketones (excluding diaryl/α,β-unsaturated/α-hetero) is 1. The van der Waals surface area contributed by atoms with Crippen LogP contribution in [0.25, 0.3) is 0 Å². The molecule has 2 nitrogen and oxygen atoms in total. The molecule has 72 valence electrons. The first kappa shape index (κ1) is 11.7. The van der Waals surface area contributed by atoms with Crippen LogP contribution in [0.2, 0.25) is 0 Å². The summed E-state index contributed by atoms with van der Waals surface area (Å²) in [5.74, 6) is -0.0546. The number of alkyl halides is 1. The molecule has 0 radical (unpaired) electrons. The zero-order valence-electron chi connectivity index (χ0n) is 7.47. The summed E-state index contributed by atoms with van der Waals surface area (Å²) in [6.45, 7) is 1.85. The van der Waals surface area contributed by atoms with Gasteiger partial charge >= 0.3 is 0 Å². The maximum atomic E-state index is 11.5. The summed E-state index contributed by atoms with van der Waals surface area (Å²) in [5.41, 5.74) is 1.86. The number of nitrogens with zero attached hydrogens (tertiary/aromatic N) is 1. The Hall–Kier alpha value is -0.410. The molecule has 0 unspecified atom stereocenters.